The van der Waals surface area contributed by atoms with Crippen molar-refractivity contribution in [3.63, 3.8) is 0 Å². The molecule has 0 radical (unpaired) electrons. The van der Waals surface area contributed by atoms with Crippen molar-refractivity contribution in [2.24, 2.45) is 0 Å². The first-order valence-electron chi connectivity index (χ1n) is 17.6. The van der Waals surface area contributed by atoms with Crippen molar-refractivity contribution in [2.75, 3.05) is 0 Å². The first-order valence-corrected chi connectivity index (χ1v) is 19.2. The predicted octanol–water partition coefficient (Wildman–Crippen LogP) is 15.4. The minimum atomic E-state index is -6.22. The van der Waals surface area contributed by atoms with Gasteiger partial charge in [0.2, 0.25) is 0 Å². The van der Waals surface area contributed by atoms with Gasteiger partial charge in [0.1, 0.15) is 11.5 Å². The number of ether oxygens (including phenoxy) is 2. The monoisotopic (exact) mass is 952 g/mol. The molecule has 0 N–H and O–H groups in total. The zero-order chi connectivity index (χ0) is 46.7. The van der Waals surface area contributed by atoms with E-state index < -0.39 is 129 Å². The zero-order valence-electron chi connectivity index (χ0n) is 31.2. The molecule has 0 fully saturated rings. The van der Waals surface area contributed by atoms with Crippen LogP contribution in [0.2, 0.25) is 0 Å². The van der Waals surface area contributed by atoms with E-state index in [-0.39, 0.29) is 0 Å². The first-order chi connectivity index (χ1) is 28.9. The van der Waals surface area contributed by atoms with Crippen molar-refractivity contribution in [3.05, 3.63) is 129 Å². The van der Waals surface area contributed by atoms with Gasteiger partial charge in [0.25, 0.3) is 0 Å². The van der Waals surface area contributed by atoms with E-state index in [1.807, 2.05) is 0 Å². The van der Waals surface area contributed by atoms with Crippen LogP contribution >= 0.6 is 22.7 Å². The van der Waals surface area contributed by atoms with E-state index in [9.17, 15) is 52.7 Å². The summed E-state index contributed by atoms with van der Waals surface area (Å²) in [5.41, 5.74) is -18.9. The van der Waals surface area contributed by atoms with Crippen molar-refractivity contribution in [1.29, 1.82) is 0 Å². The summed E-state index contributed by atoms with van der Waals surface area (Å²) in [5, 5.41) is -1.22. The van der Waals surface area contributed by atoms with Crippen molar-refractivity contribution in [3.8, 4) is 11.5 Å². The van der Waals surface area contributed by atoms with Gasteiger partial charge in [-0.1, -0.05) is 60.7 Å². The SMILES string of the molecule is Cc1sc2cc(OC(c3ccccc3)(C(F)(F)F)C(F)(F)F)ccc2c1C1=C(c2c(C)sc3cc(OC(c4ccccc4)(C(F)(F)F)C(F)(F)F)ccc23)C(F)(F)C(F)(F)C1(F)F. The van der Waals surface area contributed by atoms with Gasteiger partial charge in [-0.2, -0.15) is 79.0 Å². The van der Waals surface area contributed by atoms with E-state index in [2.05, 4.69) is 9.47 Å². The van der Waals surface area contributed by atoms with Crippen LogP contribution in [0.5, 0.6) is 11.5 Å². The molecule has 0 spiro atoms. The number of thiophene rings is 2. The summed E-state index contributed by atoms with van der Waals surface area (Å²) < 4.78 is 278. The van der Waals surface area contributed by atoms with Gasteiger partial charge in [0.05, 0.1) is 0 Å². The number of aryl methyl sites for hydroxylation is 2. The summed E-state index contributed by atoms with van der Waals surface area (Å²) in [4.78, 5) is -0.901. The van der Waals surface area contributed by atoms with Crippen LogP contribution in [-0.2, 0) is 11.2 Å². The maximum atomic E-state index is 16.1. The Bertz CT molecular complexity index is 2530. The van der Waals surface area contributed by atoms with Gasteiger partial charge >= 0.3 is 53.7 Å². The highest BCUT2D eigenvalue weighted by atomic mass is 32.1. The Hall–Kier alpha value is -5.12. The van der Waals surface area contributed by atoms with Crippen LogP contribution in [-0.4, -0.2) is 42.5 Å². The minimum Gasteiger partial charge on any atom is -0.464 e. The first kappa shape index (κ1) is 45.9. The Morgan fingerprint density at radius 1 is 0.429 bits per heavy atom. The van der Waals surface area contributed by atoms with E-state index in [4.69, 9.17) is 0 Å². The molecule has 2 heterocycles. The van der Waals surface area contributed by atoms with Gasteiger partial charge in [-0.25, -0.2) is 0 Å². The number of allylic oxidation sites excluding steroid dienone is 2. The van der Waals surface area contributed by atoms with Gasteiger partial charge in [-0.15, -0.1) is 22.7 Å². The highest BCUT2D eigenvalue weighted by Gasteiger charge is 2.81. The maximum Gasteiger partial charge on any atom is 0.442 e. The smallest absolute Gasteiger partial charge is 0.442 e. The molecule has 0 aliphatic heterocycles. The molecule has 22 heteroatoms. The topological polar surface area (TPSA) is 18.5 Å². The van der Waals surface area contributed by atoms with E-state index in [1.54, 1.807) is 0 Å². The van der Waals surface area contributed by atoms with Crippen LogP contribution in [0.15, 0.2) is 97.1 Å². The van der Waals surface area contributed by atoms with E-state index in [0.717, 1.165) is 50.2 Å². The van der Waals surface area contributed by atoms with Crippen molar-refractivity contribution in [2.45, 2.75) is 67.5 Å². The summed E-state index contributed by atoms with van der Waals surface area (Å²) in [5.74, 6) is -20.1. The summed E-state index contributed by atoms with van der Waals surface area (Å²) >= 11 is 0.673. The number of rotatable bonds is 8. The third-order valence-corrected chi connectivity index (χ3v) is 12.5. The number of fused-ring (bicyclic) bond motifs is 2. The molecule has 336 valence electrons. The fraction of sp³-hybridized carbons (Fsp3) is 0.268. The molecule has 0 saturated carbocycles. The Morgan fingerprint density at radius 3 is 1.02 bits per heavy atom. The molecule has 63 heavy (non-hydrogen) atoms. The fourth-order valence-electron chi connectivity index (χ4n) is 7.56. The molecule has 0 atom stereocenters. The van der Waals surface area contributed by atoms with Crippen molar-refractivity contribution in [1.82, 2.24) is 0 Å². The number of hydrogen-bond donors (Lipinski definition) is 0. The minimum absolute atomic E-state index is 0.336. The van der Waals surface area contributed by atoms with Gasteiger partial charge in [0.15, 0.2) is 0 Å². The summed E-state index contributed by atoms with van der Waals surface area (Å²) in [6.07, 6.45) is -24.7. The Labute approximate surface area is 350 Å². The standard InChI is InChI=1S/C41H22F18O2S2/c1-19-29(25-15-13-23(17-27(25)62-19)60-33(38(48,49)50,39(51,52)53)21-9-5-3-6-10-21)31-32(36(44,45)37(46,47)35(31,42)43)30-20(2)63-28-18-24(14-16-26(28)30)61-34(40(54,55)56,41(57,58)59)22-11-7-4-8-12-22/h3-18H,1-2H3. The largest absolute Gasteiger partial charge is 0.464 e. The summed E-state index contributed by atoms with van der Waals surface area (Å²) in [7, 11) is 0. The third-order valence-electron chi connectivity index (χ3n) is 10.3. The van der Waals surface area contributed by atoms with Gasteiger partial charge < -0.3 is 9.47 Å². The van der Waals surface area contributed by atoms with Crippen LogP contribution in [0.25, 0.3) is 31.3 Å². The van der Waals surface area contributed by atoms with E-state index in [0.29, 0.717) is 83.3 Å². The molecule has 4 aromatic carbocycles. The molecule has 1 aliphatic carbocycles. The van der Waals surface area contributed by atoms with Crippen LogP contribution in [0.1, 0.15) is 32.0 Å². The zero-order valence-corrected chi connectivity index (χ0v) is 32.8. The van der Waals surface area contributed by atoms with Crippen molar-refractivity contribution < 1.29 is 88.5 Å². The second-order valence-electron chi connectivity index (χ2n) is 14.1. The van der Waals surface area contributed by atoms with Crippen LogP contribution in [0, 0.1) is 13.8 Å². The van der Waals surface area contributed by atoms with Crippen molar-refractivity contribution >= 4 is 54.0 Å². The average Bonchev–Trinajstić information content (AvgIpc) is 3.69. The number of benzene rings is 4. The molecule has 0 saturated heterocycles. The molecule has 6 aromatic rings. The molecule has 2 aromatic heterocycles. The molecular weight excluding hydrogens is 931 g/mol. The van der Waals surface area contributed by atoms with E-state index in [1.165, 1.54) is 0 Å². The number of alkyl halides is 18. The lowest BCUT2D eigenvalue weighted by Crippen LogP contribution is -2.58. The Morgan fingerprint density at radius 2 is 0.730 bits per heavy atom. The lowest BCUT2D eigenvalue weighted by Gasteiger charge is -2.37. The molecule has 0 amide bonds. The summed E-state index contributed by atoms with van der Waals surface area (Å²) in [6, 6.07) is 10.9. The molecule has 0 bridgehead atoms. The van der Waals surface area contributed by atoms with Crippen LogP contribution < -0.4 is 9.47 Å². The lowest BCUT2D eigenvalue weighted by atomic mass is 9.91. The number of hydrogen-bond acceptors (Lipinski definition) is 4. The normalized spacial score (nSPS) is 17.2. The Balaban J connectivity index is 1.42. The summed E-state index contributed by atoms with van der Waals surface area (Å²) in [6.45, 7) is 1.94. The second-order valence-corrected chi connectivity index (χ2v) is 16.7. The molecule has 7 rings (SSSR count). The molecular formula is C41H22F18O2S2. The third kappa shape index (κ3) is 6.62. The van der Waals surface area contributed by atoms with Gasteiger partial charge in [0, 0.05) is 63.3 Å². The maximum absolute atomic E-state index is 16.1. The molecule has 2 nitrogen and oxygen atoms in total. The predicted molar refractivity (Wildman–Crippen MR) is 196 cm³/mol. The van der Waals surface area contributed by atoms with Gasteiger partial charge in [-0.05, 0) is 50.2 Å². The van der Waals surface area contributed by atoms with Gasteiger partial charge in [-0.3, -0.25) is 0 Å². The lowest BCUT2D eigenvalue weighted by molar-refractivity contribution is -0.365. The fourth-order valence-corrected chi connectivity index (χ4v) is 9.76. The highest BCUT2D eigenvalue weighted by molar-refractivity contribution is 7.19. The quantitative estimate of drug-likeness (QED) is 0.142. The van der Waals surface area contributed by atoms with E-state index >= 15 is 26.3 Å². The molecule has 0 unspecified atom stereocenters. The van der Waals surface area contributed by atoms with Crippen LogP contribution in [0.4, 0.5) is 79.0 Å². The highest BCUT2D eigenvalue weighted by Crippen LogP contribution is 2.67. The molecule has 1 aliphatic rings. The average molecular weight is 953 g/mol. The Kier molecular flexibility index (Phi) is 10.5. The van der Waals surface area contributed by atoms with Crippen LogP contribution in [0.3, 0.4) is 0 Å². The number of halogens is 18. The second kappa shape index (κ2) is 14.4.